The van der Waals surface area contributed by atoms with E-state index in [1.165, 1.54) is 22.8 Å². The molecule has 1 amide bonds. The fourth-order valence-corrected chi connectivity index (χ4v) is 4.04. The minimum atomic E-state index is -0.494. The summed E-state index contributed by atoms with van der Waals surface area (Å²) in [5, 5.41) is 16.4. The first-order valence-electron chi connectivity index (χ1n) is 8.39. The summed E-state index contributed by atoms with van der Waals surface area (Å²) < 4.78 is 5.80. The third-order valence-corrected chi connectivity index (χ3v) is 5.83. The van der Waals surface area contributed by atoms with Gasteiger partial charge in [0.05, 0.1) is 10.6 Å². The molecule has 28 heavy (non-hydrogen) atoms. The quantitative estimate of drug-likeness (QED) is 0.646. The summed E-state index contributed by atoms with van der Waals surface area (Å²) >= 11 is 13.5. The average molecular weight is 433 g/mol. The molecule has 0 saturated carbocycles. The Hall–Kier alpha value is -2.35. The Morgan fingerprint density at radius 1 is 1.25 bits per heavy atom. The number of halogens is 2. The van der Waals surface area contributed by atoms with E-state index in [1.807, 2.05) is 13.8 Å². The predicted molar refractivity (Wildman–Crippen MR) is 114 cm³/mol. The Morgan fingerprint density at radius 3 is 2.75 bits per heavy atom. The molecule has 3 heterocycles. The SMILES string of the molecule is CC(C)C1=NN2C(=N)C(=Cc3ccc(-c4ccc(Cl)cc4Cl)o3)C(=O)N=C2S1. The van der Waals surface area contributed by atoms with E-state index in [0.29, 0.717) is 32.3 Å². The molecule has 0 atom stereocenters. The Morgan fingerprint density at radius 2 is 2.04 bits per heavy atom. The first-order valence-corrected chi connectivity index (χ1v) is 9.96. The number of aliphatic imine (C=N–C) groups is 1. The van der Waals surface area contributed by atoms with Gasteiger partial charge in [0.2, 0.25) is 5.17 Å². The van der Waals surface area contributed by atoms with E-state index in [0.717, 1.165) is 5.04 Å². The van der Waals surface area contributed by atoms with Crippen molar-refractivity contribution in [1.29, 1.82) is 5.41 Å². The highest BCUT2D eigenvalue weighted by molar-refractivity contribution is 8.27. The van der Waals surface area contributed by atoms with Crippen LogP contribution in [0, 0.1) is 11.3 Å². The first kappa shape index (κ1) is 19.0. The van der Waals surface area contributed by atoms with E-state index >= 15 is 0 Å². The fourth-order valence-electron chi connectivity index (χ4n) is 2.65. The molecule has 0 radical (unpaired) electrons. The fraction of sp³-hybridized carbons (Fsp3) is 0.158. The number of amides is 1. The summed E-state index contributed by atoms with van der Waals surface area (Å²) in [6, 6.07) is 8.55. The number of thioether (sulfide) groups is 1. The number of fused-ring (bicyclic) bond motifs is 1. The molecule has 0 spiro atoms. The van der Waals surface area contributed by atoms with Gasteiger partial charge in [-0.25, -0.2) is 0 Å². The molecular weight excluding hydrogens is 419 g/mol. The van der Waals surface area contributed by atoms with Crippen LogP contribution in [0.15, 0.2) is 50.4 Å². The van der Waals surface area contributed by atoms with E-state index in [2.05, 4.69) is 10.1 Å². The summed E-state index contributed by atoms with van der Waals surface area (Å²) in [5.74, 6) is 0.606. The van der Waals surface area contributed by atoms with Gasteiger partial charge in [-0.2, -0.15) is 15.1 Å². The molecule has 1 aromatic heterocycles. The van der Waals surface area contributed by atoms with Gasteiger partial charge in [-0.15, -0.1) is 0 Å². The van der Waals surface area contributed by atoms with E-state index in [1.54, 1.807) is 30.3 Å². The number of amidine groups is 2. The second kappa shape index (κ2) is 7.24. The average Bonchev–Trinajstić information content (AvgIpc) is 3.26. The second-order valence-electron chi connectivity index (χ2n) is 6.44. The Bertz CT molecular complexity index is 1100. The molecule has 2 aliphatic rings. The van der Waals surface area contributed by atoms with Gasteiger partial charge in [0.25, 0.3) is 5.91 Å². The minimum Gasteiger partial charge on any atom is -0.457 e. The lowest BCUT2D eigenvalue weighted by molar-refractivity contribution is -0.114. The Labute approximate surface area is 175 Å². The topological polar surface area (TPSA) is 82.0 Å². The number of carbonyl (C=O) groups is 1. The molecule has 0 unspecified atom stereocenters. The van der Waals surface area contributed by atoms with Gasteiger partial charge in [0, 0.05) is 16.5 Å². The lowest BCUT2D eigenvalue weighted by Crippen LogP contribution is -2.35. The molecule has 1 N–H and O–H groups in total. The second-order valence-corrected chi connectivity index (χ2v) is 8.27. The lowest BCUT2D eigenvalue weighted by atomic mass is 10.1. The number of hydrogen-bond donors (Lipinski definition) is 1. The first-order chi connectivity index (χ1) is 13.3. The maximum absolute atomic E-state index is 12.4. The highest BCUT2D eigenvalue weighted by Gasteiger charge is 2.36. The largest absolute Gasteiger partial charge is 0.457 e. The number of nitrogens with one attached hydrogen (secondary N) is 1. The number of carbonyl (C=O) groups excluding carboxylic acids is 1. The van der Waals surface area contributed by atoms with Crippen molar-refractivity contribution in [2.24, 2.45) is 16.0 Å². The van der Waals surface area contributed by atoms with Crippen molar-refractivity contribution in [3.8, 4) is 11.3 Å². The van der Waals surface area contributed by atoms with Crippen LogP contribution in [0.5, 0.6) is 0 Å². The van der Waals surface area contributed by atoms with Crippen LogP contribution in [0.2, 0.25) is 10.0 Å². The van der Waals surface area contributed by atoms with Gasteiger partial charge in [-0.05, 0) is 48.2 Å². The zero-order chi connectivity index (χ0) is 20.0. The maximum atomic E-state index is 12.4. The smallest absolute Gasteiger partial charge is 0.283 e. The number of hydrogen-bond acceptors (Lipinski definition) is 5. The van der Waals surface area contributed by atoms with E-state index < -0.39 is 5.91 Å². The van der Waals surface area contributed by atoms with Gasteiger partial charge >= 0.3 is 0 Å². The number of benzene rings is 1. The molecule has 0 saturated heterocycles. The Kier molecular flexibility index (Phi) is 4.91. The third kappa shape index (κ3) is 3.41. The summed E-state index contributed by atoms with van der Waals surface area (Å²) in [5.41, 5.74) is 0.796. The van der Waals surface area contributed by atoms with Crippen molar-refractivity contribution in [3.63, 3.8) is 0 Å². The normalized spacial score (nSPS) is 18.0. The summed E-state index contributed by atoms with van der Waals surface area (Å²) in [7, 11) is 0. The third-order valence-electron chi connectivity index (χ3n) is 4.07. The van der Waals surface area contributed by atoms with E-state index in [-0.39, 0.29) is 17.3 Å². The lowest BCUT2D eigenvalue weighted by Gasteiger charge is -2.19. The highest BCUT2D eigenvalue weighted by Crippen LogP contribution is 2.33. The molecule has 0 aliphatic carbocycles. The molecule has 4 rings (SSSR count). The molecule has 142 valence electrons. The summed E-state index contributed by atoms with van der Waals surface area (Å²) in [4.78, 5) is 16.5. The van der Waals surface area contributed by atoms with Crippen molar-refractivity contribution >= 4 is 63.0 Å². The van der Waals surface area contributed by atoms with Gasteiger partial charge in [-0.3, -0.25) is 10.2 Å². The van der Waals surface area contributed by atoms with Crippen molar-refractivity contribution in [3.05, 3.63) is 51.7 Å². The molecule has 2 aliphatic heterocycles. The Balaban J connectivity index is 1.66. The molecule has 0 fully saturated rings. The highest BCUT2D eigenvalue weighted by atomic mass is 35.5. The zero-order valence-corrected chi connectivity index (χ0v) is 17.2. The van der Waals surface area contributed by atoms with Crippen LogP contribution in [-0.2, 0) is 4.79 Å². The zero-order valence-electron chi connectivity index (χ0n) is 14.9. The standard InChI is InChI=1S/C19H14Cl2N4O2S/c1-9(2)18-24-25-16(22)13(17(26)23-19(25)28-18)8-11-4-6-15(27-11)12-5-3-10(20)7-14(12)21/h3-9,22H,1-2H3. The van der Waals surface area contributed by atoms with Crippen LogP contribution in [0.25, 0.3) is 17.4 Å². The number of nitrogens with zero attached hydrogens (tertiary/aromatic N) is 3. The maximum Gasteiger partial charge on any atom is 0.283 e. The van der Waals surface area contributed by atoms with Gasteiger partial charge in [0.15, 0.2) is 5.84 Å². The van der Waals surface area contributed by atoms with Gasteiger partial charge in [0.1, 0.15) is 16.6 Å². The van der Waals surface area contributed by atoms with Crippen LogP contribution in [0.3, 0.4) is 0 Å². The van der Waals surface area contributed by atoms with Crippen molar-refractivity contribution in [1.82, 2.24) is 5.01 Å². The van der Waals surface area contributed by atoms with Crippen molar-refractivity contribution in [2.45, 2.75) is 13.8 Å². The minimum absolute atomic E-state index is 0.0272. The number of rotatable bonds is 3. The van der Waals surface area contributed by atoms with Crippen molar-refractivity contribution in [2.75, 3.05) is 0 Å². The predicted octanol–water partition coefficient (Wildman–Crippen LogP) is 5.53. The van der Waals surface area contributed by atoms with Crippen LogP contribution in [0.4, 0.5) is 0 Å². The number of hydrazone groups is 1. The van der Waals surface area contributed by atoms with Gasteiger partial charge in [-0.1, -0.05) is 37.0 Å². The molecule has 9 heteroatoms. The van der Waals surface area contributed by atoms with Crippen LogP contribution >= 0.6 is 35.0 Å². The monoisotopic (exact) mass is 432 g/mol. The number of furan rings is 1. The van der Waals surface area contributed by atoms with E-state index in [4.69, 9.17) is 33.0 Å². The molecular formula is C19H14Cl2N4O2S. The van der Waals surface area contributed by atoms with Crippen molar-refractivity contribution < 1.29 is 9.21 Å². The van der Waals surface area contributed by atoms with Crippen LogP contribution < -0.4 is 0 Å². The molecule has 2 aromatic rings. The van der Waals surface area contributed by atoms with Gasteiger partial charge < -0.3 is 4.42 Å². The van der Waals surface area contributed by atoms with Crippen LogP contribution in [-0.4, -0.2) is 27.0 Å². The molecule has 0 bridgehead atoms. The summed E-state index contributed by atoms with van der Waals surface area (Å²) in [6.07, 6.45) is 1.49. The van der Waals surface area contributed by atoms with E-state index in [9.17, 15) is 4.79 Å². The molecule has 1 aromatic carbocycles. The van der Waals surface area contributed by atoms with Crippen LogP contribution in [0.1, 0.15) is 19.6 Å². The summed E-state index contributed by atoms with van der Waals surface area (Å²) in [6.45, 7) is 4.00. The molecule has 6 nitrogen and oxygen atoms in total.